The highest BCUT2D eigenvalue weighted by atomic mass is 79.9. The molecule has 112 valence electrons. The fourth-order valence-electron chi connectivity index (χ4n) is 1.71. The maximum atomic E-state index is 13.2. The van der Waals surface area contributed by atoms with Crippen LogP contribution in [0.15, 0.2) is 40.9 Å². The van der Waals surface area contributed by atoms with Gasteiger partial charge in [-0.05, 0) is 51.8 Å². The van der Waals surface area contributed by atoms with Gasteiger partial charge in [0.25, 0.3) is 0 Å². The third-order valence-corrected chi connectivity index (χ3v) is 3.97. The Morgan fingerprint density at radius 2 is 1.81 bits per heavy atom. The fraction of sp³-hybridized carbons (Fsp3) is 0.143. The van der Waals surface area contributed by atoms with Gasteiger partial charge in [-0.2, -0.15) is 13.2 Å². The molecule has 1 N–H and O–H groups in total. The first-order chi connectivity index (χ1) is 9.77. The molecule has 0 aliphatic rings. The molecular formula is C14H9BrClF4N. The van der Waals surface area contributed by atoms with Crippen molar-refractivity contribution in [3.63, 3.8) is 0 Å². The largest absolute Gasteiger partial charge is 0.419 e. The van der Waals surface area contributed by atoms with Gasteiger partial charge in [-0.15, -0.1) is 0 Å². The first-order valence-corrected chi connectivity index (χ1v) is 6.99. The lowest BCUT2D eigenvalue weighted by molar-refractivity contribution is -0.140. The summed E-state index contributed by atoms with van der Waals surface area (Å²) in [7, 11) is 0. The van der Waals surface area contributed by atoms with E-state index in [1.54, 1.807) is 18.2 Å². The van der Waals surface area contributed by atoms with Gasteiger partial charge in [0.2, 0.25) is 0 Å². The Bertz CT molecular complexity index is 658. The Morgan fingerprint density at radius 1 is 1.10 bits per heavy atom. The minimum atomic E-state index is -4.70. The second-order valence-electron chi connectivity index (χ2n) is 4.29. The molecule has 0 fully saturated rings. The van der Waals surface area contributed by atoms with Crippen molar-refractivity contribution in [2.24, 2.45) is 0 Å². The average molecular weight is 383 g/mol. The summed E-state index contributed by atoms with van der Waals surface area (Å²) in [5, 5.41) is 3.48. The second-order valence-corrected chi connectivity index (χ2v) is 5.56. The molecule has 0 radical (unpaired) electrons. The van der Waals surface area contributed by atoms with Gasteiger partial charge in [0.05, 0.1) is 10.6 Å². The first kappa shape index (κ1) is 16.1. The predicted molar refractivity (Wildman–Crippen MR) is 77.9 cm³/mol. The van der Waals surface area contributed by atoms with Gasteiger partial charge in [0.1, 0.15) is 5.82 Å². The maximum absolute atomic E-state index is 13.2. The summed E-state index contributed by atoms with van der Waals surface area (Å²) < 4.78 is 51.7. The Morgan fingerprint density at radius 3 is 2.43 bits per heavy atom. The van der Waals surface area contributed by atoms with Crippen molar-refractivity contribution in [1.82, 2.24) is 0 Å². The minimum Gasteiger partial charge on any atom is -0.381 e. The van der Waals surface area contributed by atoms with Crippen LogP contribution in [-0.4, -0.2) is 0 Å². The molecule has 0 aromatic heterocycles. The topological polar surface area (TPSA) is 12.0 Å². The lowest BCUT2D eigenvalue weighted by Crippen LogP contribution is -2.10. The van der Waals surface area contributed by atoms with Crippen molar-refractivity contribution < 1.29 is 17.6 Å². The molecule has 0 spiro atoms. The fourth-order valence-corrected chi connectivity index (χ4v) is 2.21. The van der Waals surface area contributed by atoms with E-state index in [9.17, 15) is 17.6 Å². The van der Waals surface area contributed by atoms with Crippen LogP contribution in [0.1, 0.15) is 11.1 Å². The Hall–Kier alpha value is -1.27. The normalized spacial score (nSPS) is 11.5. The van der Waals surface area contributed by atoms with Crippen LogP contribution < -0.4 is 5.32 Å². The molecule has 0 atom stereocenters. The summed E-state index contributed by atoms with van der Waals surface area (Å²) in [4.78, 5) is 0. The van der Waals surface area contributed by atoms with E-state index in [-0.39, 0.29) is 6.54 Å². The molecule has 0 heterocycles. The van der Waals surface area contributed by atoms with Crippen LogP contribution in [0.4, 0.5) is 23.2 Å². The Kier molecular flexibility index (Phi) is 4.78. The SMILES string of the molecule is Fc1ccc(CNc2ccc(Cl)c(Br)c2)cc1C(F)(F)F. The van der Waals surface area contributed by atoms with Gasteiger partial charge < -0.3 is 5.32 Å². The molecule has 0 aliphatic heterocycles. The van der Waals surface area contributed by atoms with Gasteiger partial charge in [-0.1, -0.05) is 17.7 Å². The van der Waals surface area contributed by atoms with Crippen LogP contribution in [0.2, 0.25) is 5.02 Å². The van der Waals surface area contributed by atoms with E-state index < -0.39 is 17.6 Å². The van der Waals surface area contributed by atoms with Crippen molar-refractivity contribution in [1.29, 1.82) is 0 Å². The van der Waals surface area contributed by atoms with Crippen LogP contribution in [0.25, 0.3) is 0 Å². The smallest absolute Gasteiger partial charge is 0.381 e. The standard InChI is InChI=1S/C14H9BrClF4N/c15-11-6-9(2-3-12(11)16)21-7-8-1-4-13(17)10(5-8)14(18,19)20/h1-6,21H,7H2. The summed E-state index contributed by atoms with van der Waals surface area (Å²) in [6.07, 6.45) is -4.70. The summed E-state index contributed by atoms with van der Waals surface area (Å²) in [6, 6.07) is 7.98. The molecule has 2 rings (SSSR count). The van der Waals surface area contributed by atoms with E-state index in [0.717, 1.165) is 12.1 Å². The summed E-state index contributed by atoms with van der Waals surface area (Å²) in [5.41, 5.74) is -0.252. The third kappa shape index (κ3) is 4.11. The summed E-state index contributed by atoms with van der Waals surface area (Å²) in [5.74, 6) is -1.28. The number of hydrogen-bond donors (Lipinski definition) is 1. The van der Waals surface area contributed by atoms with Crippen LogP contribution in [0, 0.1) is 5.82 Å². The van der Waals surface area contributed by atoms with E-state index >= 15 is 0 Å². The van der Waals surface area contributed by atoms with Crippen LogP contribution >= 0.6 is 27.5 Å². The zero-order chi connectivity index (χ0) is 15.6. The zero-order valence-corrected chi connectivity index (χ0v) is 12.8. The number of nitrogens with one attached hydrogen (secondary N) is 1. The van der Waals surface area contributed by atoms with Crippen molar-refractivity contribution in [3.05, 3.63) is 62.8 Å². The number of alkyl halides is 3. The van der Waals surface area contributed by atoms with Gasteiger partial charge >= 0.3 is 6.18 Å². The van der Waals surface area contributed by atoms with E-state index in [1.165, 1.54) is 6.07 Å². The van der Waals surface area contributed by atoms with E-state index in [1.807, 2.05) is 0 Å². The highest BCUT2D eigenvalue weighted by molar-refractivity contribution is 9.10. The molecular weight excluding hydrogens is 374 g/mol. The van der Waals surface area contributed by atoms with Gasteiger partial charge in [-0.25, -0.2) is 4.39 Å². The Balaban J connectivity index is 2.15. The third-order valence-electron chi connectivity index (χ3n) is 2.75. The van der Waals surface area contributed by atoms with Crippen molar-refractivity contribution in [2.75, 3.05) is 5.32 Å². The van der Waals surface area contributed by atoms with E-state index in [4.69, 9.17) is 11.6 Å². The van der Waals surface area contributed by atoms with Crippen LogP contribution in [0.5, 0.6) is 0 Å². The lowest BCUT2D eigenvalue weighted by Gasteiger charge is -2.11. The van der Waals surface area contributed by atoms with Gasteiger partial charge in [0.15, 0.2) is 0 Å². The predicted octanol–water partition coefficient (Wildman–Crippen LogP) is 5.87. The summed E-state index contributed by atoms with van der Waals surface area (Å²) >= 11 is 9.09. The molecule has 2 aromatic rings. The van der Waals surface area contributed by atoms with Crippen molar-refractivity contribution in [3.8, 4) is 0 Å². The first-order valence-electron chi connectivity index (χ1n) is 5.82. The van der Waals surface area contributed by atoms with Crippen LogP contribution in [0.3, 0.4) is 0 Å². The highest BCUT2D eigenvalue weighted by Crippen LogP contribution is 2.32. The molecule has 0 saturated heterocycles. The average Bonchev–Trinajstić information content (AvgIpc) is 2.40. The molecule has 0 saturated carbocycles. The summed E-state index contributed by atoms with van der Waals surface area (Å²) in [6.45, 7) is 0.136. The Labute approximate surface area is 132 Å². The van der Waals surface area contributed by atoms with Crippen LogP contribution in [-0.2, 0) is 12.7 Å². The van der Waals surface area contributed by atoms with Gasteiger partial charge in [0, 0.05) is 16.7 Å². The van der Waals surface area contributed by atoms with Crippen molar-refractivity contribution >= 4 is 33.2 Å². The van der Waals surface area contributed by atoms with Crippen molar-refractivity contribution in [2.45, 2.75) is 12.7 Å². The number of anilines is 1. The molecule has 7 heteroatoms. The highest BCUT2D eigenvalue weighted by Gasteiger charge is 2.34. The quantitative estimate of drug-likeness (QED) is 0.654. The number of rotatable bonds is 3. The molecule has 0 unspecified atom stereocenters. The number of halogens is 6. The van der Waals surface area contributed by atoms with E-state index in [0.29, 0.717) is 20.7 Å². The molecule has 0 amide bonds. The molecule has 0 aliphatic carbocycles. The molecule has 1 nitrogen and oxygen atoms in total. The minimum absolute atomic E-state index is 0.136. The van der Waals surface area contributed by atoms with Gasteiger partial charge in [-0.3, -0.25) is 0 Å². The molecule has 2 aromatic carbocycles. The zero-order valence-electron chi connectivity index (χ0n) is 10.4. The molecule has 0 bridgehead atoms. The number of hydrogen-bond acceptors (Lipinski definition) is 1. The number of benzene rings is 2. The molecule has 21 heavy (non-hydrogen) atoms. The monoisotopic (exact) mass is 381 g/mol. The lowest BCUT2D eigenvalue weighted by atomic mass is 10.1. The second kappa shape index (κ2) is 6.23. The van der Waals surface area contributed by atoms with E-state index in [2.05, 4.69) is 21.2 Å². The maximum Gasteiger partial charge on any atom is 0.419 e.